The van der Waals surface area contributed by atoms with E-state index in [-0.39, 0.29) is 18.4 Å². The topological polar surface area (TPSA) is 74.3 Å². The molecule has 2 aromatic rings. The van der Waals surface area contributed by atoms with Gasteiger partial charge in [-0.3, -0.25) is 4.79 Å². The first kappa shape index (κ1) is 13.4. The molecule has 1 aromatic heterocycles. The van der Waals surface area contributed by atoms with Crippen LogP contribution in [0.2, 0.25) is 0 Å². The van der Waals surface area contributed by atoms with Crippen LogP contribution in [0.3, 0.4) is 0 Å². The van der Waals surface area contributed by atoms with Crippen molar-refractivity contribution in [2.75, 3.05) is 20.3 Å². The van der Waals surface area contributed by atoms with Crippen molar-refractivity contribution >= 4 is 16.8 Å². The summed E-state index contributed by atoms with van der Waals surface area (Å²) in [5, 5.41) is 13.2. The molecule has 5 heteroatoms. The summed E-state index contributed by atoms with van der Waals surface area (Å²) in [4.78, 5) is 14.1. The van der Waals surface area contributed by atoms with Gasteiger partial charge in [-0.1, -0.05) is 0 Å². The zero-order chi connectivity index (χ0) is 13.8. The summed E-state index contributed by atoms with van der Waals surface area (Å²) in [5.41, 5.74) is 1.96. The Balaban J connectivity index is 2.33. The highest BCUT2D eigenvalue weighted by Crippen LogP contribution is 2.28. The highest BCUT2D eigenvalue weighted by atomic mass is 16.5. The second-order valence-corrected chi connectivity index (χ2v) is 4.47. The third-order valence-electron chi connectivity index (χ3n) is 3.18. The molecule has 1 amide bonds. The lowest BCUT2D eigenvalue weighted by Crippen LogP contribution is -2.27. The van der Waals surface area contributed by atoms with Crippen LogP contribution in [0.1, 0.15) is 18.4 Å². The molecule has 19 heavy (non-hydrogen) atoms. The first-order valence-electron chi connectivity index (χ1n) is 6.16. The molecule has 2 rings (SSSR count). The van der Waals surface area contributed by atoms with Gasteiger partial charge in [0.05, 0.1) is 13.7 Å². The molecule has 1 heterocycles. The third kappa shape index (κ3) is 2.88. The van der Waals surface area contributed by atoms with Gasteiger partial charge in [0.15, 0.2) is 0 Å². The summed E-state index contributed by atoms with van der Waals surface area (Å²) < 4.78 is 5.21. The molecule has 1 aromatic carbocycles. The Morgan fingerprint density at radius 1 is 1.53 bits per heavy atom. The largest absolute Gasteiger partial charge is 0.497 e. The summed E-state index contributed by atoms with van der Waals surface area (Å²) in [5.74, 6) is 0.533. The lowest BCUT2D eigenvalue weighted by molar-refractivity contribution is -0.119. The van der Waals surface area contributed by atoms with Crippen molar-refractivity contribution in [2.24, 2.45) is 0 Å². The summed E-state index contributed by atoms with van der Waals surface area (Å²) in [6.07, 6.45) is 1.87. The van der Waals surface area contributed by atoms with Crippen molar-refractivity contribution in [1.29, 1.82) is 0 Å². The predicted molar refractivity (Wildman–Crippen MR) is 73.4 cm³/mol. The van der Waals surface area contributed by atoms with Crippen molar-refractivity contribution in [3.8, 4) is 5.75 Å². The predicted octanol–water partition coefficient (Wildman–Crippen LogP) is 1.39. The minimum Gasteiger partial charge on any atom is -0.497 e. The minimum absolute atomic E-state index is 0.0234. The van der Waals surface area contributed by atoms with Crippen LogP contribution in [0.5, 0.6) is 5.75 Å². The fourth-order valence-electron chi connectivity index (χ4n) is 2.13. The number of hydrogen-bond acceptors (Lipinski definition) is 3. The molecule has 0 aliphatic rings. The molecule has 102 valence electrons. The summed E-state index contributed by atoms with van der Waals surface area (Å²) >= 11 is 0. The van der Waals surface area contributed by atoms with Gasteiger partial charge in [0.2, 0.25) is 5.91 Å². The number of aliphatic hydroxyl groups excluding tert-OH is 1. The van der Waals surface area contributed by atoms with Crippen LogP contribution in [0, 0.1) is 0 Å². The van der Waals surface area contributed by atoms with Crippen molar-refractivity contribution in [3.63, 3.8) is 0 Å². The zero-order valence-corrected chi connectivity index (χ0v) is 11.1. The van der Waals surface area contributed by atoms with E-state index in [0.717, 1.165) is 22.2 Å². The Hall–Kier alpha value is -2.01. The number of ether oxygens (including phenoxy) is 1. The summed E-state index contributed by atoms with van der Waals surface area (Å²) in [7, 11) is 1.62. The lowest BCUT2D eigenvalue weighted by Gasteiger charge is -2.14. The molecule has 0 aliphatic heterocycles. The molecule has 0 saturated carbocycles. The molecule has 0 spiro atoms. The van der Waals surface area contributed by atoms with Crippen molar-refractivity contribution in [1.82, 2.24) is 10.3 Å². The standard InChI is InChI=1S/C14H18N2O3/c1-9(18)15-6-10(8-17)13-7-16-14-4-3-11(19-2)5-12(13)14/h3-5,7,10,16-17H,6,8H2,1-2H3,(H,15,18). The number of aromatic nitrogens is 1. The number of carbonyl (C=O) groups is 1. The van der Waals surface area contributed by atoms with Crippen LogP contribution in [-0.4, -0.2) is 36.3 Å². The van der Waals surface area contributed by atoms with E-state index >= 15 is 0 Å². The molecule has 0 fully saturated rings. The number of H-pyrrole nitrogens is 1. The van der Waals surface area contributed by atoms with Gasteiger partial charge in [-0.15, -0.1) is 0 Å². The van der Waals surface area contributed by atoms with Crippen LogP contribution in [0.4, 0.5) is 0 Å². The van der Waals surface area contributed by atoms with Crippen LogP contribution in [0.25, 0.3) is 10.9 Å². The Morgan fingerprint density at radius 3 is 2.95 bits per heavy atom. The Kier molecular flexibility index (Phi) is 4.06. The maximum Gasteiger partial charge on any atom is 0.216 e. The van der Waals surface area contributed by atoms with E-state index in [0.29, 0.717) is 6.54 Å². The molecule has 5 nitrogen and oxygen atoms in total. The molecular formula is C14H18N2O3. The lowest BCUT2D eigenvalue weighted by atomic mass is 9.99. The van der Waals surface area contributed by atoms with Gasteiger partial charge in [0.1, 0.15) is 5.75 Å². The third-order valence-corrected chi connectivity index (χ3v) is 3.18. The van der Waals surface area contributed by atoms with E-state index in [1.165, 1.54) is 6.92 Å². The van der Waals surface area contributed by atoms with Crippen molar-refractivity contribution < 1.29 is 14.6 Å². The van der Waals surface area contributed by atoms with Gasteiger partial charge in [-0.2, -0.15) is 0 Å². The zero-order valence-electron chi connectivity index (χ0n) is 11.1. The first-order valence-corrected chi connectivity index (χ1v) is 6.16. The fraction of sp³-hybridized carbons (Fsp3) is 0.357. The van der Waals surface area contributed by atoms with Gasteiger partial charge in [-0.25, -0.2) is 0 Å². The maximum atomic E-state index is 11.0. The number of hydrogen-bond donors (Lipinski definition) is 3. The molecule has 0 bridgehead atoms. The van der Waals surface area contributed by atoms with E-state index in [1.54, 1.807) is 7.11 Å². The van der Waals surface area contributed by atoms with E-state index in [2.05, 4.69) is 10.3 Å². The van der Waals surface area contributed by atoms with Gasteiger partial charge < -0.3 is 20.1 Å². The van der Waals surface area contributed by atoms with Crippen molar-refractivity contribution in [2.45, 2.75) is 12.8 Å². The molecule has 0 aliphatic carbocycles. The highest BCUT2D eigenvalue weighted by molar-refractivity contribution is 5.85. The number of nitrogens with one attached hydrogen (secondary N) is 2. The van der Waals surface area contributed by atoms with E-state index < -0.39 is 0 Å². The Morgan fingerprint density at radius 2 is 2.32 bits per heavy atom. The van der Waals surface area contributed by atoms with E-state index in [1.807, 2.05) is 24.4 Å². The van der Waals surface area contributed by atoms with Gasteiger partial charge in [0, 0.05) is 36.5 Å². The maximum absolute atomic E-state index is 11.0. The monoisotopic (exact) mass is 262 g/mol. The summed E-state index contributed by atoms with van der Waals surface area (Å²) in [6, 6.07) is 5.74. The average molecular weight is 262 g/mol. The Labute approximate surface area is 111 Å². The number of aromatic amines is 1. The second-order valence-electron chi connectivity index (χ2n) is 4.47. The van der Waals surface area contributed by atoms with Crippen LogP contribution in [-0.2, 0) is 4.79 Å². The summed E-state index contributed by atoms with van der Waals surface area (Å²) in [6.45, 7) is 1.85. The first-order chi connectivity index (χ1) is 9.15. The number of fused-ring (bicyclic) bond motifs is 1. The van der Waals surface area contributed by atoms with E-state index in [9.17, 15) is 9.90 Å². The molecular weight excluding hydrogens is 244 g/mol. The second kappa shape index (κ2) is 5.75. The van der Waals surface area contributed by atoms with Crippen LogP contribution in [0.15, 0.2) is 24.4 Å². The molecule has 1 atom stereocenters. The number of amides is 1. The van der Waals surface area contributed by atoms with Crippen LogP contribution >= 0.6 is 0 Å². The average Bonchev–Trinajstić information content (AvgIpc) is 2.82. The van der Waals surface area contributed by atoms with Crippen LogP contribution < -0.4 is 10.1 Å². The SMILES string of the molecule is COc1ccc2[nH]cc(C(CO)CNC(C)=O)c2c1. The van der Waals surface area contributed by atoms with Gasteiger partial charge >= 0.3 is 0 Å². The highest BCUT2D eigenvalue weighted by Gasteiger charge is 2.16. The number of carbonyl (C=O) groups excluding carboxylic acids is 1. The normalized spacial score (nSPS) is 12.4. The minimum atomic E-state index is -0.134. The molecule has 0 radical (unpaired) electrons. The number of benzene rings is 1. The molecule has 3 N–H and O–H groups in total. The molecule has 1 unspecified atom stereocenters. The quantitative estimate of drug-likeness (QED) is 0.762. The number of rotatable bonds is 5. The van der Waals surface area contributed by atoms with Crippen molar-refractivity contribution in [3.05, 3.63) is 30.0 Å². The number of aliphatic hydroxyl groups is 1. The Bertz CT molecular complexity index is 577. The van der Waals surface area contributed by atoms with Gasteiger partial charge in [0.25, 0.3) is 0 Å². The van der Waals surface area contributed by atoms with Gasteiger partial charge in [-0.05, 0) is 23.8 Å². The number of methoxy groups -OCH3 is 1. The van der Waals surface area contributed by atoms with E-state index in [4.69, 9.17) is 4.74 Å². The fourth-order valence-corrected chi connectivity index (χ4v) is 2.13. The molecule has 0 saturated heterocycles. The smallest absolute Gasteiger partial charge is 0.216 e.